The van der Waals surface area contributed by atoms with Crippen LogP contribution in [0, 0.1) is 19.8 Å². The van der Waals surface area contributed by atoms with E-state index < -0.39 is 0 Å². The Morgan fingerprint density at radius 1 is 0.970 bits per heavy atom. The van der Waals surface area contributed by atoms with Crippen LogP contribution in [0.3, 0.4) is 0 Å². The molecule has 0 atom stereocenters. The van der Waals surface area contributed by atoms with E-state index in [0.717, 1.165) is 55.5 Å². The van der Waals surface area contributed by atoms with Crippen molar-refractivity contribution >= 4 is 5.91 Å². The van der Waals surface area contributed by atoms with Crippen molar-refractivity contribution in [2.45, 2.75) is 65.5 Å². The number of carbonyl (C=O) groups excluding carboxylic acids is 1. The summed E-state index contributed by atoms with van der Waals surface area (Å²) in [5.74, 6) is 1.01. The second kappa shape index (κ2) is 11.8. The van der Waals surface area contributed by atoms with Crippen LogP contribution >= 0.6 is 0 Å². The number of amides is 1. The van der Waals surface area contributed by atoms with E-state index in [9.17, 15) is 4.79 Å². The lowest BCUT2D eigenvalue weighted by molar-refractivity contribution is -0.122. The van der Waals surface area contributed by atoms with Gasteiger partial charge in [-0.1, -0.05) is 49.6 Å². The number of rotatable bonds is 8. The maximum absolute atomic E-state index is 12.7. The minimum absolute atomic E-state index is 0.116. The number of hydrogen-bond acceptors (Lipinski definition) is 4. The number of hydrogen-bond donors (Lipinski definition) is 1. The van der Waals surface area contributed by atoms with Gasteiger partial charge in [-0.05, 0) is 57.7 Å². The molecule has 1 aliphatic heterocycles. The van der Waals surface area contributed by atoms with Crippen molar-refractivity contribution in [1.29, 1.82) is 0 Å². The molecule has 1 aliphatic carbocycles. The molecule has 1 saturated heterocycles. The number of aromatic nitrogens is 2. The Hall–Kier alpha value is -2.18. The highest BCUT2D eigenvalue weighted by Crippen LogP contribution is 2.24. The molecule has 4 rings (SSSR count). The van der Waals surface area contributed by atoms with E-state index in [-0.39, 0.29) is 5.91 Å². The molecule has 1 aromatic carbocycles. The molecule has 180 valence electrons. The highest BCUT2D eigenvalue weighted by molar-refractivity contribution is 5.78. The summed E-state index contributed by atoms with van der Waals surface area (Å²) < 4.78 is 2.04. The van der Waals surface area contributed by atoms with E-state index in [1.54, 1.807) is 0 Å². The molecule has 0 spiro atoms. The second-order valence-corrected chi connectivity index (χ2v) is 10.0. The fourth-order valence-electron chi connectivity index (χ4n) is 5.45. The molecule has 33 heavy (non-hydrogen) atoms. The van der Waals surface area contributed by atoms with Gasteiger partial charge in [0.05, 0.1) is 18.8 Å². The molecule has 2 fully saturated rings. The Morgan fingerprint density at radius 3 is 2.48 bits per heavy atom. The highest BCUT2D eigenvalue weighted by Gasteiger charge is 2.21. The van der Waals surface area contributed by atoms with Crippen molar-refractivity contribution in [3.8, 4) is 0 Å². The Bertz CT molecular complexity index is 887. The summed E-state index contributed by atoms with van der Waals surface area (Å²) in [7, 11) is 0. The van der Waals surface area contributed by atoms with Crippen LogP contribution in [-0.2, 0) is 17.9 Å². The van der Waals surface area contributed by atoms with E-state index >= 15 is 0 Å². The average Bonchev–Trinajstić information content (AvgIpc) is 2.96. The predicted octanol–water partition coefficient (Wildman–Crippen LogP) is 3.75. The van der Waals surface area contributed by atoms with Crippen LogP contribution in [0.4, 0.5) is 0 Å². The van der Waals surface area contributed by atoms with Crippen LogP contribution in [0.25, 0.3) is 0 Å². The quantitative estimate of drug-likeness (QED) is 0.664. The molecule has 2 heterocycles. The van der Waals surface area contributed by atoms with Crippen molar-refractivity contribution in [2.24, 2.45) is 5.92 Å². The van der Waals surface area contributed by atoms with Gasteiger partial charge in [-0.15, -0.1) is 0 Å². The fourth-order valence-corrected chi connectivity index (χ4v) is 5.45. The molecule has 6 heteroatoms. The number of benzene rings is 1. The molecule has 1 N–H and O–H groups in total. The van der Waals surface area contributed by atoms with E-state index in [0.29, 0.717) is 13.1 Å². The highest BCUT2D eigenvalue weighted by atomic mass is 16.2. The first-order valence-corrected chi connectivity index (χ1v) is 12.9. The number of aryl methyl sites for hydroxylation is 1. The van der Waals surface area contributed by atoms with E-state index in [1.807, 2.05) is 17.7 Å². The fraction of sp³-hybridized carbons (Fsp3) is 0.630. The van der Waals surface area contributed by atoms with Gasteiger partial charge >= 0.3 is 0 Å². The van der Waals surface area contributed by atoms with Gasteiger partial charge in [0, 0.05) is 37.4 Å². The SMILES string of the molecule is Cc1nn(Cc2ccccc2)c(C)c1CNC(=O)CN1CCCN(CC2CCCCC2)CC1. The van der Waals surface area contributed by atoms with Gasteiger partial charge in [0.25, 0.3) is 0 Å². The lowest BCUT2D eigenvalue weighted by Gasteiger charge is -2.28. The first kappa shape index (κ1) is 24.0. The lowest BCUT2D eigenvalue weighted by atomic mass is 9.89. The standard InChI is InChI=1S/C27H41N5O/c1-22-26(23(2)32(29-22)20-25-12-7-4-8-13-25)18-28-27(33)21-31-15-9-14-30(16-17-31)19-24-10-5-3-6-11-24/h4,7-8,12-13,24H,3,5-6,9-11,14-21H2,1-2H3,(H,28,33). The normalized spacial score (nSPS) is 18.8. The summed E-state index contributed by atoms with van der Waals surface area (Å²) in [6.45, 7) is 11.5. The summed E-state index contributed by atoms with van der Waals surface area (Å²) in [5.41, 5.74) is 4.49. The molecular weight excluding hydrogens is 410 g/mol. The van der Waals surface area contributed by atoms with Crippen molar-refractivity contribution in [3.05, 3.63) is 52.8 Å². The third-order valence-corrected chi connectivity index (χ3v) is 7.46. The summed E-state index contributed by atoms with van der Waals surface area (Å²) in [5, 5.41) is 7.87. The van der Waals surface area contributed by atoms with Gasteiger partial charge in [-0.2, -0.15) is 5.10 Å². The molecule has 2 aromatic rings. The van der Waals surface area contributed by atoms with Crippen molar-refractivity contribution in [2.75, 3.05) is 39.3 Å². The Morgan fingerprint density at radius 2 is 1.70 bits per heavy atom. The minimum atomic E-state index is 0.116. The third-order valence-electron chi connectivity index (χ3n) is 7.46. The minimum Gasteiger partial charge on any atom is -0.351 e. The average molecular weight is 452 g/mol. The monoisotopic (exact) mass is 451 g/mol. The van der Waals surface area contributed by atoms with Gasteiger partial charge in [-0.3, -0.25) is 14.4 Å². The molecule has 1 aromatic heterocycles. The summed E-state index contributed by atoms with van der Waals surface area (Å²) in [6, 6.07) is 10.4. The molecule has 1 saturated carbocycles. The lowest BCUT2D eigenvalue weighted by Crippen LogP contribution is -2.39. The van der Waals surface area contributed by atoms with Crippen molar-refractivity contribution < 1.29 is 4.79 Å². The predicted molar refractivity (Wildman–Crippen MR) is 133 cm³/mol. The summed E-state index contributed by atoms with van der Waals surface area (Å²) in [4.78, 5) is 17.7. The topological polar surface area (TPSA) is 53.4 Å². The Balaban J connectivity index is 1.23. The maximum atomic E-state index is 12.7. The van der Waals surface area contributed by atoms with Gasteiger partial charge < -0.3 is 10.2 Å². The van der Waals surface area contributed by atoms with Crippen LogP contribution in [0.5, 0.6) is 0 Å². The van der Waals surface area contributed by atoms with E-state index in [4.69, 9.17) is 5.10 Å². The van der Waals surface area contributed by atoms with Gasteiger partial charge in [-0.25, -0.2) is 0 Å². The van der Waals surface area contributed by atoms with E-state index in [1.165, 1.54) is 50.8 Å². The molecule has 1 amide bonds. The Kier molecular flexibility index (Phi) is 8.57. The van der Waals surface area contributed by atoms with Crippen LogP contribution in [0.1, 0.15) is 61.0 Å². The van der Waals surface area contributed by atoms with Crippen LogP contribution in [0.2, 0.25) is 0 Å². The second-order valence-electron chi connectivity index (χ2n) is 10.0. The van der Waals surface area contributed by atoms with Crippen molar-refractivity contribution in [3.63, 3.8) is 0 Å². The summed E-state index contributed by atoms with van der Waals surface area (Å²) in [6.07, 6.45) is 8.22. The van der Waals surface area contributed by atoms with Gasteiger partial charge in [0.1, 0.15) is 0 Å². The van der Waals surface area contributed by atoms with Crippen LogP contribution in [-0.4, -0.2) is 64.8 Å². The molecule has 0 bridgehead atoms. The first-order valence-electron chi connectivity index (χ1n) is 12.9. The molecule has 0 radical (unpaired) electrons. The zero-order valence-electron chi connectivity index (χ0n) is 20.6. The number of carbonyl (C=O) groups is 1. The number of nitrogens with one attached hydrogen (secondary N) is 1. The molecule has 2 aliphatic rings. The largest absolute Gasteiger partial charge is 0.351 e. The van der Waals surface area contributed by atoms with E-state index in [2.05, 4.69) is 46.3 Å². The third kappa shape index (κ3) is 6.90. The number of nitrogens with zero attached hydrogens (tertiary/aromatic N) is 4. The smallest absolute Gasteiger partial charge is 0.234 e. The van der Waals surface area contributed by atoms with Crippen LogP contribution < -0.4 is 5.32 Å². The van der Waals surface area contributed by atoms with Crippen molar-refractivity contribution in [1.82, 2.24) is 24.9 Å². The van der Waals surface area contributed by atoms with Gasteiger partial charge in [0.2, 0.25) is 5.91 Å². The maximum Gasteiger partial charge on any atom is 0.234 e. The zero-order valence-corrected chi connectivity index (χ0v) is 20.6. The molecule has 0 unspecified atom stereocenters. The molecule has 6 nitrogen and oxygen atoms in total. The van der Waals surface area contributed by atoms with Crippen LogP contribution in [0.15, 0.2) is 30.3 Å². The molecular formula is C27H41N5O. The summed E-state index contributed by atoms with van der Waals surface area (Å²) >= 11 is 0. The van der Waals surface area contributed by atoms with Gasteiger partial charge in [0.15, 0.2) is 0 Å². The Labute approximate surface area is 199 Å². The zero-order chi connectivity index (χ0) is 23.0. The first-order chi connectivity index (χ1) is 16.1.